The van der Waals surface area contributed by atoms with E-state index in [2.05, 4.69) is 38.4 Å². The molecule has 25 heavy (non-hydrogen) atoms. The molecule has 0 atom stereocenters. The number of thiazole rings is 1. The first-order valence-electron chi connectivity index (χ1n) is 8.05. The zero-order valence-corrected chi connectivity index (χ0v) is 16.5. The lowest BCUT2D eigenvalue weighted by Crippen LogP contribution is -2.11. The summed E-state index contributed by atoms with van der Waals surface area (Å²) in [6.07, 6.45) is 1.79. The van der Waals surface area contributed by atoms with Gasteiger partial charge in [0, 0.05) is 28.6 Å². The predicted molar refractivity (Wildman–Crippen MR) is 104 cm³/mol. The molecular weight excluding hydrogens is 400 g/mol. The summed E-state index contributed by atoms with van der Waals surface area (Å²) in [5.41, 5.74) is 2.19. The predicted octanol–water partition coefficient (Wildman–Crippen LogP) is 5.28. The third-order valence-electron chi connectivity index (χ3n) is 3.81. The monoisotopic (exact) mass is 418 g/mol. The lowest BCUT2D eigenvalue weighted by atomic mass is 10.1. The Kier molecular flexibility index (Phi) is 5.71. The van der Waals surface area contributed by atoms with Crippen molar-refractivity contribution in [1.82, 2.24) is 4.98 Å². The minimum Gasteiger partial charge on any atom is -0.466 e. The highest BCUT2D eigenvalue weighted by Gasteiger charge is 2.12. The van der Waals surface area contributed by atoms with Crippen LogP contribution < -0.4 is 5.32 Å². The fourth-order valence-electron chi connectivity index (χ4n) is 2.47. The molecule has 130 valence electrons. The maximum atomic E-state index is 12.1. The van der Waals surface area contributed by atoms with E-state index in [9.17, 15) is 4.79 Å². The van der Waals surface area contributed by atoms with Crippen LogP contribution in [0.2, 0.25) is 0 Å². The molecule has 0 aliphatic heterocycles. The fraction of sp³-hybridized carbons (Fsp3) is 0.263. The van der Waals surface area contributed by atoms with Crippen LogP contribution in [0.15, 0.2) is 45.3 Å². The Morgan fingerprint density at radius 3 is 2.64 bits per heavy atom. The van der Waals surface area contributed by atoms with Crippen LogP contribution in [0.25, 0.3) is 0 Å². The van der Waals surface area contributed by atoms with Gasteiger partial charge in [-0.25, -0.2) is 4.98 Å². The second-order valence-corrected chi connectivity index (χ2v) is 7.89. The second-order valence-electron chi connectivity index (χ2n) is 5.89. The van der Waals surface area contributed by atoms with E-state index in [1.54, 1.807) is 0 Å². The van der Waals surface area contributed by atoms with Crippen molar-refractivity contribution in [3.05, 3.63) is 68.5 Å². The van der Waals surface area contributed by atoms with Gasteiger partial charge >= 0.3 is 0 Å². The molecule has 2 heterocycles. The number of carbonyl (C=O) groups is 1. The van der Waals surface area contributed by atoms with Crippen LogP contribution in [-0.4, -0.2) is 10.9 Å². The average Bonchev–Trinajstić information content (AvgIpc) is 3.13. The summed E-state index contributed by atoms with van der Waals surface area (Å²) < 4.78 is 6.55. The summed E-state index contributed by atoms with van der Waals surface area (Å²) in [6.45, 7) is 3.88. The number of hydrogen-bond donors (Lipinski definition) is 1. The highest BCUT2D eigenvalue weighted by atomic mass is 79.9. The molecular formula is C19H19BrN2O2S. The van der Waals surface area contributed by atoms with Gasteiger partial charge < -0.3 is 9.73 Å². The van der Waals surface area contributed by atoms with Gasteiger partial charge in [-0.3, -0.25) is 4.79 Å². The first-order chi connectivity index (χ1) is 12.0. The quantitative estimate of drug-likeness (QED) is 0.592. The van der Waals surface area contributed by atoms with Crippen molar-refractivity contribution < 1.29 is 9.21 Å². The third-order valence-corrected chi connectivity index (χ3v) is 5.41. The molecule has 6 heteroatoms. The Bertz CT molecular complexity index is 868. The molecule has 0 radical (unpaired) electrons. The van der Waals surface area contributed by atoms with Crippen molar-refractivity contribution in [2.75, 3.05) is 5.32 Å². The number of halogens is 1. The normalized spacial score (nSPS) is 10.8. The Morgan fingerprint density at radius 2 is 1.96 bits per heavy atom. The number of aryl methyl sites for hydroxylation is 3. The van der Waals surface area contributed by atoms with E-state index in [4.69, 9.17) is 4.42 Å². The molecule has 0 aliphatic carbocycles. The number of amides is 1. The van der Waals surface area contributed by atoms with Crippen molar-refractivity contribution in [2.45, 2.75) is 33.1 Å². The van der Waals surface area contributed by atoms with Crippen molar-refractivity contribution >= 4 is 38.3 Å². The molecule has 0 saturated heterocycles. The van der Waals surface area contributed by atoms with Crippen LogP contribution in [0.3, 0.4) is 0 Å². The molecule has 0 spiro atoms. The first-order valence-corrected chi connectivity index (χ1v) is 9.66. The molecule has 4 nitrogen and oxygen atoms in total. The molecule has 3 aromatic rings. The molecule has 1 amide bonds. The van der Waals surface area contributed by atoms with Gasteiger partial charge in [-0.05, 0) is 43.7 Å². The summed E-state index contributed by atoms with van der Waals surface area (Å²) in [5.74, 6) is 1.65. The Morgan fingerprint density at radius 1 is 1.20 bits per heavy atom. The average molecular weight is 419 g/mol. The van der Waals surface area contributed by atoms with Crippen molar-refractivity contribution in [3.63, 3.8) is 0 Å². The number of nitrogens with zero attached hydrogens (tertiary/aromatic N) is 1. The van der Waals surface area contributed by atoms with E-state index < -0.39 is 0 Å². The van der Waals surface area contributed by atoms with Gasteiger partial charge in [0.25, 0.3) is 0 Å². The van der Waals surface area contributed by atoms with E-state index in [0.29, 0.717) is 18.0 Å². The van der Waals surface area contributed by atoms with Crippen LogP contribution in [0.5, 0.6) is 0 Å². The summed E-state index contributed by atoms with van der Waals surface area (Å²) in [5, 5.41) is 3.55. The maximum Gasteiger partial charge on any atom is 0.226 e. The van der Waals surface area contributed by atoms with E-state index in [1.807, 2.05) is 38.1 Å². The number of benzene rings is 1. The van der Waals surface area contributed by atoms with Gasteiger partial charge in [0.05, 0.1) is 5.69 Å². The maximum absolute atomic E-state index is 12.1. The Balaban J connectivity index is 1.57. The van der Waals surface area contributed by atoms with E-state index in [0.717, 1.165) is 28.1 Å². The molecule has 2 aromatic heterocycles. The van der Waals surface area contributed by atoms with Crippen LogP contribution in [-0.2, 0) is 17.6 Å². The van der Waals surface area contributed by atoms with Crippen molar-refractivity contribution in [2.24, 2.45) is 0 Å². The first kappa shape index (κ1) is 17.9. The van der Waals surface area contributed by atoms with Gasteiger partial charge in [0.1, 0.15) is 11.5 Å². The number of anilines is 1. The molecule has 0 fully saturated rings. The van der Waals surface area contributed by atoms with Gasteiger partial charge in [-0.15, -0.1) is 11.3 Å². The Hall–Kier alpha value is -1.92. The fourth-order valence-corrected chi connectivity index (χ4v) is 3.75. The smallest absolute Gasteiger partial charge is 0.226 e. The molecule has 1 N–H and O–H groups in total. The topological polar surface area (TPSA) is 55.1 Å². The molecule has 1 aromatic carbocycles. The van der Waals surface area contributed by atoms with E-state index in [1.165, 1.54) is 21.8 Å². The zero-order valence-electron chi connectivity index (χ0n) is 14.1. The third kappa shape index (κ3) is 5.03. The number of hydrogen-bond acceptors (Lipinski definition) is 4. The minimum atomic E-state index is -0.0435. The van der Waals surface area contributed by atoms with E-state index >= 15 is 0 Å². The van der Waals surface area contributed by atoms with Crippen LogP contribution in [0.1, 0.15) is 34.1 Å². The van der Waals surface area contributed by atoms with Crippen molar-refractivity contribution in [1.29, 1.82) is 0 Å². The summed E-state index contributed by atoms with van der Waals surface area (Å²) in [6, 6.07) is 12.1. The van der Waals surface area contributed by atoms with Gasteiger partial charge in [0.15, 0.2) is 5.13 Å². The lowest BCUT2D eigenvalue weighted by Gasteiger charge is -2.00. The molecule has 0 bridgehead atoms. The number of aromatic nitrogens is 1. The molecule has 0 aliphatic rings. The summed E-state index contributed by atoms with van der Waals surface area (Å²) >= 11 is 4.98. The van der Waals surface area contributed by atoms with Gasteiger partial charge in [0.2, 0.25) is 5.91 Å². The Labute approximate surface area is 159 Å². The summed E-state index contributed by atoms with van der Waals surface area (Å²) in [7, 11) is 0. The molecule has 3 rings (SSSR count). The number of nitrogens with one attached hydrogen (secondary N) is 1. The molecule has 0 saturated carbocycles. The van der Waals surface area contributed by atoms with Crippen LogP contribution in [0, 0.1) is 13.8 Å². The highest BCUT2D eigenvalue weighted by molar-refractivity contribution is 9.10. The van der Waals surface area contributed by atoms with E-state index in [-0.39, 0.29) is 5.91 Å². The summed E-state index contributed by atoms with van der Waals surface area (Å²) in [4.78, 5) is 17.8. The number of carbonyl (C=O) groups excluding carboxylic acids is 1. The van der Waals surface area contributed by atoms with Crippen molar-refractivity contribution in [3.8, 4) is 0 Å². The standard InChI is InChI=1S/C19H19BrN2O2S/c1-12-3-8-16(24-12)9-10-18(23)22-19-21-13(2)17(25-19)11-14-4-6-15(20)7-5-14/h3-8H,9-11H2,1-2H3,(H,21,22,23). The number of furan rings is 1. The second kappa shape index (κ2) is 7.97. The highest BCUT2D eigenvalue weighted by Crippen LogP contribution is 2.26. The SMILES string of the molecule is Cc1ccc(CCC(=O)Nc2nc(C)c(Cc3ccc(Br)cc3)s2)o1. The molecule has 0 unspecified atom stereocenters. The van der Waals surface area contributed by atoms with Crippen LogP contribution >= 0.6 is 27.3 Å². The van der Waals surface area contributed by atoms with Crippen LogP contribution in [0.4, 0.5) is 5.13 Å². The van der Waals surface area contributed by atoms with Gasteiger partial charge in [-0.1, -0.05) is 28.1 Å². The number of rotatable bonds is 6. The van der Waals surface area contributed by atoms with Gasteiger partial charge in [-0.2, -0.15) is 0 Å². The lowest BCUT2D eigenvalue weighted by molar-refractivity contribution is -0.116. The minimum absolute atomic E-state index is 0.0435. The zero-order chi connectivity index (χ0) is 17.8. The largest absolute Gasteiger partial charge is 0.466 e.